The van der Waals surface area contributed by atoms with Crippen LogP contribution in [0.2, 0.25) is 10.0 Å². The fourth-order valence-corrected chi connectivity index (χ4v) is 3.32. The maximum atomic E-state index is 6.13. The number of nitrogens with zero attached hydrogens (tertiary/aromatic N) is 1. The Balaban J connectivity index is 1.93. The summed E-state index contributed by atoms with van der Waals surface area (Å²) in [4.78, 5) is 4.50. The zero-order valence-corrected chi connectivity index (χ0v) is 11.3. The highest BCUT2D eigenvalue weighted by Crippen LogP contribution is 2.35. The van der Waals surface area contributed by atoms with Crippen LogP contribution in [0.15, 0.2) is 12.1 Å². The number of aromatic nitrogens is 1. The Labute approximate surface area is 113 Å². The van der Waals surface area contributed by atoms with E-state index in [1.807, 2.05) is 12.1 Å². The minimum Gasteiger partial charge on any atom is -0.357 e. The van der Waals surface area contributed by atoms with Crippen LogP contribution < -0.4 is 10.6 Å². The Kier molecular flexibility index (Phi) is 3.13. The van der Waals surface area contributed by atoms with Gasteiger partial charge in [0, 0.05) is 12.6 Å². The van der Waals surface area contributed by atoms with Crippen molar-refractivity contribution in [2.45, 2.75) is 12.5 Å². The summed E-state index contributed by atoms with van der Waals surface area (Å²) in [5.41, 5.74) is 0.789. The van der Waals surface area contributed by atoms with Gasteiger partial charge in [-0.15, -0.1) is 0 Å². The number of halogens is 2. The van der Waals surface area contributed by atoms with Crippen LogP contribution in [0.3, 0.4) is 0 Å². The largest absolute Gasteiger partial charge is 0.357 e. The molecule has 0 spiro atoms. The first-order chi connectivity index (χ1) is 8.24. The maximum Gasteiger partial charge on any atom is 0.184 e. The van der Waals surface area contributed by atoms with Gasteiger partial charge in [-0.3, -0.25) is 0 Å². The third-order valence-electron chi connectivity index (χ3n) is 2.84. The third-order valence-corrected chi connectivity index (χ3v) is 4.59. The molecule has 1 fully saturated rings. The number of nitrogens with one attached hydrogen (secondary N) is 2. The van der Waals surface area contributed by atoms with E-state index < -0.39 is 0 Å². The van der Waals surface area contributed by atoms with Crippen molar-refractivity contribution in [3.8, 4) is 0 Å². The molecular formula is C11H11Cl2N3S. The van der Waals surface area contributed by atoms with Crippen LogP contribution in [0, 0.1) is 0 Å². The fourth-order valence-electron chi connectivity index (χ4n) is 1.95. The molecule has 2 aromatic rings. The van der Waals surface area contributed by atoms with Gasteiger partial charge in [0.1, 0.15) is 5.52 Å². The molecule has 1 saturated heterocycles. The molecule has 1 aliphatic rings. The second kappa shape index (κ2) is 4.61. The van der Waals surface area contributed by atoms with Crippen molar-refractivity contribution < 1.29 is 0 Å². The van der Waals surface area contributed by atoms with Crippen molar-refractivity contribution in [1.29, 1.82) is 0 Å². The average Bonchev–Trinajstić information content (AvgIpc) is 2.93. The molecule has 6 heteroatoms. The summed E-state index contributed by atoms with van der Waals surface area (Å²) < 4.78 is 1.06. The van der Waals surface area contributed by atoms with E-state index in [4.69, 9.17) is 23.2 Å². The summed E-state index contributed by atoms with van der Waals surface area (Å²) in [5, 5.41) is 8.74. The van der Waals surface area contributed by atoms with Crippen molar-refractivity contribution in [1.82, 2.24) is 10.3 Å². The average molecular weight is 288 g/mol. The molecule has 1 atom stereocenters. The lowest BCUT2D eigenvalue weighted by molar-refractivity contribution is 0.792. The van der Waals surface area contributed by atoms with Gasteiger partial charge in [-0.1, -0.05) is 34.5 Å². The van der Waals surface area contributed by atoms with E-state index in [-0.39, 0.29) is 0 Å². The molecule has 3 nitrogen and oxygen atoms in total. The number of hydrogen-bond acceptors (Lipinski definition) is 4. The van der Waals surface area contributed by atoms with Crippen molar-refractivity contribution in [2.24, 2.45) is 0 Å². The Hall–Kier alpha value is -0.550. The molecule has 1 aliphatic heterocycles. The lowest BCUT2D eigenvalue weighted by Crippen LogP contribution is -2.21. The Bertz CT molecular complexity index is 549. The summed E-state index contributed by atoms with van der Waals surface area (Å²) >= 11 is 13.7. The van der Waals surface area contributed by atoms with Crippen molar-refractivity contribution in [3.63, 3.8) is 0 Å². The molecule has 0 aliphatic carbocycles. The number of hydrogen-bond donors (Lipinski definition) is 2. The molecule has 1 aromatic heterocycles. The van der Waals surface area contributed by atoms with E-state index in [1.165, 1.54) is 0 Å². The number of rotatable bonds is 2. The summed E-state index contributed by atoms with van der Waals surface area (Å²) in [6.07, 6.45) is 1.13. The van der Waals surface area contributed by atoms with Gasteiger partial charge in [-0.25, -0.2) is 4.98 Å². The number of thiazole rings is 1. The van der Waals surface area contributed by atoms with E-state index in [2.05, 4.69) is 15.6 Å². The molecule has 0 amide bonds. The molecule has 0 bridgehead atoms. The molecule has 2 N–H and O–H groups in total. The van der Waals surface area contributed by atoms with Crippen molar-refractivity contribution in [3.05, 3.63) is 22.2 Å². The highest BCUT2D eigenvalue weighted by Gasteiger charge is 2.16. The molecule has 1 aromatic carbocycles. The SMILES string of the molecule is Clc1ccc2sc(NC3CCNC3)nc2c1Cl. The second-order valence-corrected chi connectivity index (χ2v) is 5.88. The molecular weight excluding hydrogens is 277 g/mol. The molecule has 17 heavy (non-hydrogen) atoms. The first-order valence-electron chi connectivity index (χ1n) is 5.46. The predicted octanol–water partition coefficient (Wildman–Crippen LogP) is 3.38. The minimum absolute atomic E-state index is 0.463. The maximum absolute atomic E-state index is 6.13. The molecule has 2 heterocycles. The highest BCUT2D eigenvalue weighted by molar-refractivity contribution is 7.22. The second-order valence-electron chi connectivity index (χ2n) is 4.06. The lowest BCUT2D eigenvalue weighted by atomic mass is 10.3. The first-order valence-corrected chi connectivity index (χ1v) is 7.03. The van der Waals surface area contributed by atoms with Gasteiger partial charge in [0.2, 0.25) is 0 Å². The zero-order chi connectivity index (χ0) is 11.8. The monoisotopic (exact) mass is 287 g/mol. The van der Waals surface area contributed by atoms with Gasteiger partial charge < -0.3 is 10.6 Å². The fraction of sp³-hybridized carbons (Fsp3) is 0.364. The van der Waals surface area contributed by atoms with E-state index in [0.29, 0.717) is 16.1 Å². The summed E-state index contributed by atoms with van der Waals surface area (Å²) in [6, 6.07) is 4.23. The van der Waals surface area contributed by atoms with Crippen LogP contribution in [0.5, 0.6) is 0 Å². The quantitative estimate of drug-likeness (QED) is 0.889. The van der Waals surface area contributed by atoms with E-state index in [0.717, 1.165) is 34.9 Å². The van der Waals surface area contributed by atoms with Gasteiger partial charge in [-0.2, -0.15) is 0 Å². The van der Waals surface area contributed by atoms with Gasteiger partial charge in [0.15, 0.2) is 5.13 Å². The van der Waals surface area contributed by atoms with E-state index in [9.17, 15) is 0 Å². The Morgan fingerprint density at radius 2 is 2.29 bits per heavy atom. The Morgan fingerprint density at radius 3 is 3.06 bits per heavy atom. The zero-order valence-electron chi connectivity index (χ0n) is 8.96. The topological polar surface area (TPSA) is 37.0 Å². The standard InChI is InChI=1S/C11H11Cl2N3S/c12-7-1-2-8-10(9(7)13)16-11(17-8)15-6-3-4-14-5-6/h1-2,6,14H,3-5H2,(H,15,16). The van der Waals surface area contributed by atoms with Crippen LogP contribution in [0.4, 0.5) is 5.13 Å². The summed E-state index contributed by atoms with van der Waals surface area (Å²) in [7, 11) is 0. The molecule has 1 unspecified atom stereocenters. The summed E-state index contributed by atoms with van der Waals surface area (Å²) in [5.74, 6) is 0. The number of anilines is 1. The van der Waals surface area contributed by atoms with Gasteiger partial charge in [0.25, 0.3) is 0 Å². The van der Waals surface area contributed by atoms with Gasteiger partial charge in [-0.05, 0) is 25.1 Å². The van der Waals surface area contributed by atoms with Crippen LogP contribution in [-0.4, -0.2) is 24.1 Å². The Morgan fingerprint density at radius 1 is 1.41 bits per heavy atom. The summed E-state index contributed by atoms with van der Waals surface area (Å²) in [6.45, 7) is 2.06. The molecule has 0 saturated carbocycles. The van der Waals surface area contributed by atoms with Crippen LogP contribution >= 0.6 is 34.5 Å². The van der Waals surface area contributed by atoms with Crippen LogP contribution in [0.1, 0.15) is 6.42 Å². The molecule has 90 valence electrons. The minimum atomic E-state index is 0.463. The number of fused-ring (bicyclic) bond motifs is 1. The van der Waals surface area contributed by atoms with E-state index >= 15 is 0 Å². The molecule has 3 rings (SSSR count). The predicted molar refractivity (Wildman–Crippen MR) is 74.5 cm³/mol. The van der Waals surface area contributed by atoms with E-state index in [1.54, 1.807) is 11.3 Å². The normalized spacial score (nSPS) is 20.0. The smallest absolute Gasteiger partial charge is 0.184 e. The number of benzene rings is 1. The first kappa shape index (κ1) is 11.5. The van der Waals surface area contributed by atoms with Gasteiger partial charge in [0.05, 0.1) is 14.7 Å². The highest BCUT2D eigenvalue weighted by atomic mass is 35.5. The van der Waals surface area contributed by atoms with Crippen molar-refractivity contribution in [2.75, 3.05) is 18.4 Å². The lowest BCUT2D eigenvalue weighted by Gasteiger charge is -2.08. The van der Waals surface area contributed by atoms with Crippen LogP contribution in [0.25, 0.3) is 10.2 Å². The van der Waals surface area contributed by atoms with Gasteiger partial charge >= 0.3 is 0 Å². The van der Waals surface area contributed by atoms with Crippen LogP contribution in [-0.2, 0) is 0 Å². The van der Waals surface area contributed by atoms with Crippen molar-refractivity contribution >= 4 is 49.9 Å². The third kappa shape index (κ3) is 2.22. The molecule has 0 radical (unpaired) electrons.